The third kappa shape index (κ3) is 4.52. The quantitative estimate of drug-likeness (QED) is 0.812. The smallest absolute Gasteiger partial charge is 0.253 e. The summed E-state index contributed by atoms with van der Waals surface area (Å²) < 4.78 is 0. The van der Waals surface area contributed by atoms with Gasteiger partial charge in [-0.3, -0.25) is 4.79 Å². The maximum Gasteiger partial charge on any atom is 0.253 e. The van der Waals surface area contributed by atoms with Gasteiger partial charge in [0.1, 0.15) is 0 Å². The van der Waals surface area contributed by atoms with Crippen molar-refractivity contribution in [1.29, 1.82) is 0 Å². The predicted molar refractivity (Wildman–Crippen MR) is 91.2 cm³/mol. The zero-order valence-electron chi connectivity index (χ0n) is 12.6. The highest BCUT2D eigenvalue weighted by atomic mass is 35.5. The van der Waals surface area contributed by atoms with Crippen LogP contribution >= 0.6 is 24.0 Å². The van der Waals surface area contributed by atoms with E-state index in [0.717, 1.165) is 6.42 Å². The van der Waals surface area contributed by atoms with E-state index < -0.39 is 0 Å². The zero-order chi connectivity index (χ0) is 14.7. The molecule has 2 rings (SSSR count). The first-order valence-electron chi connectivity index (χ1n) is 7.35. The molecule has 1 aliphatic carbocycles. The second kappa shape index (κ2) is 7.90. The van der Waals surface area contributed by atoms with Crippen LogP contribution in [0.3, 0.4) is 0 Å². The van der Waals surface area contributed by atoms with Crippen LogP contribution in [0.2, 0.25) is 5.02 Å². The predicted octanol–water partition coefficient (Wildman–Crippen LogP) is 4.29. The molecule has 21 heavy (non-hydrogen) atoms. The summed E-state index contributed by atoms with van der Waals surface area (Å²) in [6.45, 7) is 4.46. The molecule has 5 heteroatoms. The van der Waals surface area contributed by atoms with Gasteiger partial charge in [0.15, 0.2) is 0 Å². The van der Waals surface area contributed by atoms with Crippen molar-refractivity contribution < 1.29 is 4.79 Å². The second-order valence-electron chi connectivity index (χ2n) is 6.01. The average molecular weight is 331 g/mol. The van der Waals surface area contributed by atoms with Crippen molar-refractivity contribution >= 4 is 35.6 Å². The van der Waals surface area contributed by atoms with Crippen LogP contribution in [0.4, 0.5) is 5.69 Å². The number of benzene rings is 1. The highest BCUT2D eigenvalue weighted by Gasteiger charge is 2.29. The number of rotatable bonds is 3. The molecule has 1 amide bonds. The Hall–Kier alpha value is -0.930. The van der Waals surface area contributed by atoms with Gasteiger partial charge < -0.3 is 11.1 Å². The maximum atomic E-state index is 12.4. The molecule has 0 spiro atoms. The normalized spacial score (nSPS) is 21.7. The number of nitrogen functional groups attached to an aromatic ring is 1. The van der Waals surface area contributed by atoms with E-state index in [1.54, 1.807) is 18.2 Å². The van der Waals surface area contributed by atoms with Crippen molar-refractivity contribution in [1.82, 2.24) is 5.32 Å². The third-order valence-electron chi connectivity index (χ3n) is 4.23. The van der Waals surface area contributed by atoms with E-state index in [1.807, 2.05) is 0 Å². The van der Waals surface area contributed by atoms with E-state index in [-0.39, 0.29) is 24.4 Å². The monoisotopic (exact) mass is 330 g/mol. The summed E-state index contributed by atoms with van der Waals surface area (Å²) in [6, 6.07) is 5.28. The van der Waals surface area contributed by atoms with Gasteiger partial charge in [0.25, 0.3) is 5.91 Å². The lowest BCUT2D eigenvalue weighted by Crippen LogP contribution is -2.44. The number of nitrogens with two attached hydrogens (primary N) is 1. The highest BCUT2D eigenvalue weighted by Crippen LogP contribution is 2.30. The van der Waals surface area contributed by atoms with Gasteiger partial charge in [-0.1, -0.05) is 38.3 Å². The molecule has 0 heterocycles. The number of amides is 1. The molecule has 1 fully saturated rings. The highest BCUT2D eigenvalue weighted by molar-refractivity contribution is 6.34. The lowest BCUT2D eigenvalue weighted by Gasteiger charge is -2.35. The zero-order valence-corrected chi connectivity index (χ0v) is 14.1. The lowest BCUT2D eigenvalue weighted by molar-refractivity contribution is 0.0889. The van der Waals surface area contributed by atoms with Crippen LogP contribution in [0.15, 0.2) is 18.2 Å². The summed E-state index contributed by atoms with van der Waals surface area (Å²) in [5.41, 5.74) is 6.74. The van der Waals surface area contributed by atoms with Gasteiger partial charge in [-0.2, -0.15) is 0 Å². The van der Waals surface area contributed by atoms with E-state index in [4.69, 9.17) is 17.3 Å². The Morgan fingerprint density at radius 1 is 1.33 bits per heavy atom. The summed E-state index contributed by atoms with van der Waals surface area (Å²) >= 11 is 6.10. The second-order valence-corrected chi connectivity index (χ2v) is 6.42. The van der Waals surface area contributed by atoms with Crippen LogP contribution in [-0.4, -0.2) is 11.9 Å². The van der Waals surface area contributed by atoms with Gasteiger partial charge in [0.05, 0.1) is 10.6 Å². The van der Waals surface area contributed by atoms with E-state index in [2.05, 4.69) is 19.2 Å². The Labute approximate surface area is 138 Å². The van der Waals surface area contributed by atoms with Gasteiger partial charge in [-0.05, 0) is 42.9 Å². The molecule has 0 aromatic heterocycles. The molecular formula is C16H24Cl2N2O. The minimum atomic E-state index is -0.0902. The fraction of sp³-hybridized carbons (Fsp3) is 0.562. The largest absolute Gasteiger partial charge is 0.399 e. The van der Waals surface area contributed by atoms with Gasteiger partial charge in [0.2, 0.25) is 0 Å². The average Bonchev–Trinajstić information content (AvgIpc) is 2.38. The lowest BCUT2D eigenvalue weighted by atomic mass is 9.78. The fourth-order valence-electron chi connectivity index (χ4n) is 3.10. The number of hydrogen-bond acceptors (Lipinski definition) is 2. The minimum Gasteiger partial charge on any atom is -0.399 e. The molecule has 118 valence electrons. The summed E-state index contributed by atoms with van der Waals surface area (Å²) in [5, 5.41) is 3.58. The number of carbonyl (C=O) groups is 1. The Morgan fingerprint density at radius 2 is 2.00 bits per heavy atom. The molecular weight excluding hydrogens is 307 g/mol. The van der Waals surface area contributed by atoms with Crippen LogP contribution in [0.5, 0.6) is 0 Å². The molecule has 3 nitrogen and oxygen atoms in total. The number of halogens is 2. The Kier molecular flexibility index (Phi) is 6.82. The van der Waals surface area contributed by atoms with Crippen molar-refractivity contribution in [2.45, 2.75) is 45.6 Å². The van der Waals surface area contributed by atoms with E-state index in [0.29, 0.717) is 28.1 Å². The van der Waals surface area contributed by atoms with E-state index in [1.165, 1.54) is 19.3 Å². The van der Waals surface area contributed by atoms with Gasteiger partial charge >= 0.3 is 0 Å². The van der Waals surface area contributed by atoms with Crippen molar-refractivity contribution in [2.75, 3.05) is 5.73 Å². The Balaban J connectivity index is 0.00000220. The van der Waals surface area contributed by atoms with Crippen LogP contribution < -0.4 is 11.1 Å². The van der Waals surface area contributed by atoms with E-state index in [9.17, 15) is 4.79 Å². The van der Waals surface area contributed by atoms with Crippen LogP contribution in [-0.2, 0) is 0 Å². The fourth-order valence-corrected chi connectivity index (χ4v) is 3.37. The standard InChI is InChI=1S/C16H23ClN2O.ClH/c1-10(2)12-5-3-4-6-15(12)19-16(20)13-8-7-11(18)9-14(13)17;/h7-10,12,15H,3-6,18H2,1-2H3,(H,19,20);1H. The van der Waals surface area contributed by atoms with Gasteiger partial charge in [0, 0.05) is 11.7 Å². The summed E-state index contributed by atoms with van der Waals surface area (Å²) in [4.78, 5) is 12.4. The first-order chi connectivity index (χ1) is 9.49. The first-order valence-corrected chi connectivity index (χ1v) is 7.72. The topological polar surface area (TPSA) is 55.1 Å². The number of nitrogens with one attached hydrogen (secondary N) is 1. The first kappa shape index (κ1) is 18.1. The maximum absolute atomic E-state index is 12.4. The van der Waals surface area contributed by atoms with Gasteiger partial charge in [-0.25, -0.2) is 0 Å². The molecule has 0 bridgehead atoms. The van der Waals surface area contributed by atoms with Crippen molar-refractivity contribution in [3.63, 3.8) is 0 Å². The third-order valence-corrected chi connectivity index (χ3v) is 4.54. The molecule has 1 saturated carbocycles. The minimum absolute atomic E-state index is 0. The molecule has 2 unspecified atom stereocenters. The molecule has 1 aromatic carbocycles. The van der Waals surface area contributed by atoms with Crippen molar-refractivity contribution in [2.24, 2.45) is 11.8 Å². The summed E-state index contributed by atoms with van der Waals surface area (Å²) in [7, 11) is 0. The molecule has 3 N–H and O–H groups in total. The number of hydrogen-bond donors (Lipinski definition) is 2. The molecule has 0 saturated heterocycles. The van der Waals surface area contributed by atoms with Gasteiger partial charge in [-0.15, -0.1) is 12.4 Å². The summed E-state index contributed by atoms with van der Waals surface area (Å²) in [5.74, 6) is 1.05. The van der Waals surface area contributed by atoms with Crippen LogP contribution in [0.25, 0.3) is 0 Å². The molecule has 0 radical (unpaired) electrons. The molecule has 1 aromatic rings. The summed E-state index contributed by atoms with van der Waals surface area (Å²) in [6.07, 6.45) is 4.70. The molecule has 1 aliphatic rings. The molecule has 0 aliphatic heterocycles. The SMILES string of the molecule is CC(C)C1CCCCC1NC(=O)c1ccc(N)cc1Cl.Cl. The van der Waals surface area contributed by atoms with E-state index >= 15 is 0 Å². The van der Waals surface area contributed by atoms with Crippen molar-refractivity contribution in [3.05, 3.63) is 28.8 Å². The number of anilines is 1. The molecule has 2 atom stereocenters. The van der Waals surface area contributed by atoms with Crippen LogP contribution in [0.1, 0.15) is 49.9 Å². The van der Waals surface area contributed by atoms with Crippen LogP contribution in [0, 0.1) is 11.8 Å². The number of carbonyl (C=O) groups excluding carboxylic acids is 1. The van der Waals surface area contributed by atoms with Crippen molar-refractivity contribution in [3.8, 4) is 0 Å². The Morgan fingerprint density at radius 3 is 2.62 bits per heavy atom. The Bertz CT molecular complexity index is 491.